The lowest BCUT2D eigenvalue weighted by molar-refractivity contribution is -0.103. The highest BCUT2D eigenvalue weighted by Gasteiger charge is 2.48. The number of unbranched alkanes of at least 4 members (excludes halogenated alkanes) is 4. The molecule has 0 amide bonds. The Morgan fingerprint density at radius 2 is 1.70 bits per heavy atom. The van der Waals surface area contributed by atoms with Crippen molar-refractivity contribution in [3.05, 3.63) is 0 Å². The van der Waals surface area contributed by atoms with E-state index in [2.05, 4.69) is 6.92 Å². The molecule has 4 atom stereocenters. The second-order valence-corrected chi connectivity index (χ2v) is 7.14. The van der Waals surface area contributed by atoms with Crippen LogP contribution in [-0.4, -0.2) is 46.4 Å². The summed E-state index contributed by atoms with van der Waals surface area (Å²) in [6.45, 7) is 5.58. The molecule has 0 aliphatic heterocycles. The Bertz CT molecular complexity index is 269. The fraction of sp³-hybridized carbons (Fsp3) is 1.00. The molecule has 0 aromatic carbocycles. The van der Waals surface area contributed by atoms with E-state index in [9.17, 15) is 0 Å². The molecule has 0 heterocycles. The third kappa shape index (κ3) is 6.33. The highest BCUT2D eigenvalue weighted by atomic mass is 16.7. The molecule has 0 aromatic rings. The van der Waals surface area contributed by atoms with Crippen LogP contribution in [0.15, 0.2) is 0 Å². The first-order valence-electron chi connectivity index (χ1n) is 9.62. The van der Waals surface area contributed by atoms with Crippen LogP contribution in [0.5, 0.6) is 0 Å². The minimum absolute atomic E-state index is 0.376. The molecule has 0 aromatic heterocycles. The Morgan fingerprint density at radius 3 is 2.52 bits per heavy atom. The molecule has 4 heteroatoms. The molecule has 0 spiro atoms. The highest BCUT2D eigenvalue weighted by molar-refractivity contribution is 4.97. The van der Waals surface area contributed by atoms with Gasteiger partial charge in [-0.2, -0.15) is 0 Å². The molecule has 2 aliphatic carbocycles. The summed E-state index contributed by atoms with van der Waals surface area (Å²) in [6, 6.07) is 0. The highest BCUT2D eigenvalue weighted by Crippen LogP contribution is 2.50. The van der Waals surface area contributed by atoms with E-state index in [0.717, 1.165) is 25.0 Å². The fourth-order valence-electron chi connectivity index (χ4n) is 4.22. The van der Waals surface area contributed by atoms with Crippen LogP contribution in [-0.2, 0) is 18.9 Å². The molecule has 2 bridgehead atoms. The monoisotopic (exact) mass is 328 g/mol. The van der Waals surface area contributed by atoms with Crippen LogP contribution >= 0.6 is 0 Å². The van der Waals surface area contributed by atoms with Crippen molar-refractivity contribution in [1.82, 2.24) is 0 Å². The first kappa shape index (κ1) is 19.2. The summed E-state index contributed by atoms with van der Waals surface area (Å²) in [6.07, 6.45) is 11.0. The van der Waals surface area contributed by atoms with Crippen molar-refractivity contribution in [3.8, 4) is 0 Å². The molecular formula is C19H36O4. The molecule has 0 radical (unpaired) electrons. The van der Waals surface area contributed by atoms with Gasteiger partial charge in [0.05, 0.1) is 25.9 Å². The van der Waals surface area contributed by atoms with E-state index in [0.29, 0.717) is 32.0 Å². The second kappa shape index (κ2) is 11.4. The largest absolute Gasteiger partial charge is 0.382 e. The summed E-state index contributed by atoms with van der Waals surface area (Å²) in [5.41, 5.74) is 0. The van der Waals surface area contributed by atoms with Crippen LogP contribution < -0.4 is 0 Å². The van der Waals surface area contributed by atoms with Gasteiger partial charge in [0.25, 0.3) is 0 Å². The Hall–Kier alpha value is -0.160. The normalized spacial score (nSPS) is 29.5. The topological polar surface area (TPSA) is 36.9 Å². The summed E-state index contributed by atoms with van der Waals surface area (Å²) in [4.78, 5) is 0. The predicted octanol–water partition coefficient (Wildman–Crippen LogP) is 4.03. The average Bonchev–Trinajstić information content (AvgIpc) is 3.16. The minimum atomic E-state index is 0.376. The van der Waals surface area contributed by atoms with Gasteiger partial charge in [-0.15, -0.1) is 0 Å². The van der Waals surface area contributed by atoms with E-state index in [1.807, 2.05) is 0 Å². The molecule has 0 unspecified atom stereocenters. The van der Waals surface area contributed by atoms with Crippen molar-refractivity contribution in [2.75, 3.05) is 40.3 Å². The van der Waals surface area contributed by atoms with Crippen molar-refractivity contribution in [2.45, 2.75) is 64.4 Å². The molecule has 0 saturated heterocycles. The molecule has 0 N–H and O–H groups in total. The van der Waals surface area contributed by atoms with Crippen LogP contribution in [0.2, 0.25) is 0 Å². The van der Waals surface area contributed by atoms with Crippen LogP contribution in [0.3, 0.4) is 0 Å². The smallest absolute Gasteiger partial charge is 0.146 e. The van der Waals surface area contributed by atoms with Crippen molar-refractivity contribution in [1.29, 1.82) is 0 Å². The van der Waals surface area contributed by atoms with Gasteiger partial charge < -0.3 is 18.9 Å². The van der Waals surface area contributed by atoms with Crippen LogP contribution in [0.1, 0.15) is 58.3 Å². The molecule has 4 nitrogen and oxygen atoms in total. The van der Waals surface area contributed by atoms with Gasteiger partial charge in [0, 0.05) is 19.6 Å². The predicted molar refractivity (Wildman–Crippen MR) is 91.5 cm³/mol. The molecule has 2 fully saturated rings. The standard InChI is InChI=1S/C19H36O4/c1-3-4-5-6-7-10-23-19-17-9-8-16(13-17)18(19)14-22-15-21-12-11-20-2/h16-19H,3-15H2,1-2H3/t16-,17+,18-,19-/m0/s1. The zero-order valence-electron chi connectivity index (χ0n) is 15.1. The van der Waals surface area contributed by atoms with E-state index in [1.54, 1.807) is 7.11 Å². The van der Waals surface area contributed by atoms with E-state index in [-0.39, 0.29) is 0 Å². The number of fused-ring (bicyclic) bond motifs is 2. The molecule has 2 rings (SSSR count). The number of rotatable bonds is 14. The Kier molecular flexibility index (Phi) is 9.50. The maximum absolute atomic E-state index is 6.28. The van der Waals surface area contributed by atoms with Gasteiger partial charge in [-0.3, -0.25) is 0 Å². The van der Waals surface area contributed by atoms with E-state index in [4.69, 9.17) is 18.9 Å². The Morgan fingerprint density at radius 1 is 0.870 bits per heavy atom. The Labute approximate surface area is 142 Å². The zero-order valence-corrected chi connectivity index (χ0v) is 15.1. The first-order valence-corrected chi connectivity index (χ1v) is 9.62. The van der Waals surface area contributed by atoms with Gasteiger partial charge in [0.15, 0.2) is 0 Å². The number of hydrogen-bond donors (Lipinski definition) is 0. The van der Waals surface area contributed by atoms with Crippen LogP contribution in [0.25, 0.3) is 0 Å². The maximum atomic E-state index is 6.28. The summed E-state index contributed by atoms with van der Waals surface area (Å²) in [5, 5.41) is 0. The number of ether oxygens (including phenoxy) is 4. The summed E-state index contributed by atoms with van der Waals surface area (Å²) >= 11 is 0. The molecule has 2 aliphatic rings. The lowest BCUT2D eigenvalue weighted by Gasteiger charge is -2.31. The lowest BCUT2D eigenvalue weighted by atomic mass is 9.87. The van der Waals surface area contributed by atoms with Gasteiger partial charge in [-0.1, -0.05) is 32.6 Å². The Balaban J connectivity index is 1.60. The van der Waals surface area contributed by atoms with Crippen molar-refractivity contribution in [3.63, 3.8) is 0 Å². The second-order valence-electron chi connectivity index (χ2n) is 7.14. The van der Waals surface area contributed by atoms with E-state index in [1.165, 1.54) is 51.4 Å². The summed E-state index contributed by atoms with van der Waals surface area (Å²) in [5.74, 6) is 2.16. The first-order chi connectivity index (χ1) is 11.4. The maximum Gasteiger partial charge on any atom is 0.146 e. The third-order valence-corrected chi connectivity index (χ3v) is 5.47. The van der Waals surface area contributed by atoms with Gasteiger partial charge in [-0.25, -0.2) is 0 Å². The van der Waals surface area contributed by atoms with Crippen LogP contribution in [0.4, 0.5) is 0 Å². The average molecular weight is 328 g/mol. The summed E-state index contributed by atoms with van der Waals surface area (Å²) in [7, 11) is 1.68. The van der Waals surface area contributed by atoms with Gasteiger partial charge >= 0.3 is 0 Å². The number of methoxy groups -OCH3 is 1. The lowest BCUT2D eigenvalue weighted by Crippen LogP contribution is -2.34. The van der Waals surface area contributed by atoms with Crippen molar-refractivity contribution < 1.29 is 18.9 Å². The van der Waals surface area contributed by atoms with Crippen molar-refractivity contribution >= 4 is 0 Å². The minimum Gasteiger partial charge on any atom is -0.382 e. The SMILES string of the molecule is CCCCCCCO[C@H]1[C@@H]2CC[C@@H](C2)[C@@H]1COCOCCOC. The quantitative estimate of drug-likeness (QED) is 0.356. The molecule has 2 saturated carbocycles. The molecule has 136 valence electrons. The number of hydrogen-bond acceptors (Lipinski definition) is 4. The van der Waals surface area contributed by atoms with Crippen molar-refractivity contribution in [2.24, 2.45) is 17.8 Å². The third-order valence-electron chi connectivity index (χ3n) is 5.47. The van der Waals surface area contributed by atoms with E-state index < -0.39 is 0 Å². The molecule has 23 heavy (non-hydrogen) atoms. The molecular weight excluding hydrogens is 292 g/mol. The van der Waals surface area contributed by atoms with Gasteiger partial charge in [0.1, 0.15) is 6.79 Å². The summed E-state index contributed by atoms with van der Waals surface area (Å²) < 4.78 is 22.4. The van der Waals surface area contributed by atoms with Gasteiger partial charge in [0.2, 0.25) is 0 Å². The van der Waals surface area contributed by atoms with E-state index >= 15 is 0 Å². The fourth-order valence-corrected chi connectivity index (χ4v) is 4.22. The van der Waals surface area contributed by atoms with Crippen LogP contribution in [0, 0.1) is 17.8 Å². The van der Waals surface area contributed by atoms with Gasteiger partial charge in [-0.05, 0) is 37.5 Å². The zero-order chi connectivity index (χ0) is 16.3.